The summed E-state index contributed by atoms with van der Waals surface area (Å²) in [5, 5.41) is 17.0. The maximum absolute atomic E-state index is 14.1. The summed E-state index contributed by atoms with van der Waals surface area (Å²) >= 11 is 2.58. The zero-order valence-corrected chi connectivity index (χ0v) is 35.4. The Morgan fingerprint density at radius 3 is 1.84 bits per heavy atom. The van der Waals surface area contributed by atoms with Gasteiger partial charge in [0.1, 0.15) is 45.7 Å². The van der Waals surface area contributed by atoms with Crippen molar-refractivity contribution in [3.63, 3.8) is 0 Å². The number of benzene rings is 1. The Hall–Kier alpha value is -4.70. The Balaban J connectivity index is 1.40. The van der Waals surface area contributed by atoms with E-state index < -0.39 is 60.3 Å². The summed E-state index contributed by atoms with van der Waals surface area (Å²) in [6.07, 6.45) is 1.17. The van der Waals surface area contributed by atoms with Crippen LogP contribution < -0.4 is 21.3 Å². The van der Waals surface area contributed by atoms with E-state index in [1.807, 2.05) is 71.9 Å². The summed E-state index contributed by atoms with van der Waals surface area (Å²) in [4.78, 5) is 74.7. The third kappa shape index (κ3) is 9.71. The number of carbonyl (C=O) groups is 4. The molecule has 4 N–H and O–H groups in total. The first-order valence-electron chi connectivity index (χ1n) is 19.9. The lowest BCUT2D eigenvalue weighted by molar-refractivity contribution is -0.125. The van der Waals surface area contributed by atoms with E-state index >= 15 is 0 Å². The Morgan fingerprint density at radius 1 is 0.667 bits per heavy atom. The van der Waals surface area contributed by atoms with Gasteiger partial charge in [-0.05, 0) is 50.0 Å². The van der Waals surface area contributed by atoms with Gasteiger partial charge in [-0.15, -0.1) is 22.7 Å². The van der Waals surface area contributed by atoms with Crippen molar-refractivity contribution < 1.29 is 28.7 Å². The lowest BCUT2D eigenvalue weighted by atomic mass is 9.98. The highest BCUT2D eigenvalue weighted by molar-refractivity contribution is 7.10. The van der Waals surface area contributed by atoms with Gasteiger partial charge >= 0.3 is 0 Å². The highest BCUT2D eigenvalue weighted by atomic mass is 32.1. The van der Waals surface area contributed by atoms with Crippen molar-refractivity contribution in [1.82, 2.24) is 31.2 Å². The zero-order chi connectivity index (χ0) is 41.0. The van der Waals surface area contributed by atoms with Crippen molar-refractivity contribution in [2.45, 2.75) is 130 Å². The molecule has 5 heterocycles. The zero-order valence-electron chi connectivity index (χ0n) is 33.8. The lowest BCUT2D eigenvalue weighted by Gasteiger charge is -2.24. The normalized spacial score (nSPS) is 28.1. The minimum absolute atomic E-state index is 0.0161. The molecule has 0 saturated heterocycles. The van der Waals surface area contributed by atoms with Crippen LogP contribution in [0.2, 0.25) is 0 Å². The predicted octanol–water partition coefficient (Wildman–Crippen LogP) is 5.58. The molecule has 0 fully saturated rings. The second-order valence-electron chi connectivity index (χ2n) is 15.7. The summed E-state index contributed by atoms with van der Waals surface area (Å²) in [5.74, 6) is -0.914. The van der Waals surface area contributed by atoms with Crippen molar-refractivity contribution in [2.24, 2.45) is 27.7 Å². The van der Waals surface area contributed by atoms with E-state index in [4.69, 9.17) is 29.4 Å². The SMILES string of the molecule is CCC(C)[C@@H]1NC(=O)c2csc(n2)[C@@H](C(C)CC)NC(=O)C2N=C(O[C@@H]2C)[C@H](CC(C)C)NC(=O)c2csc(n2)[C@@H](Cc2ccccc2)NC(=O)C2N=C1O[C@@H]2C. The highest BCUT2D eigenvalue weighted by Crippen LogP contribution is 2.30. The second kappa shape index (κ2) is 18.3. The van der Waals surface area contributed by atoms with Crippen LogP contribution in [0.3, 0.4) is 0 Å². The fraction of sp³-hybridized carbons (Fsp3) is 0.561. The summed E-state index contributed by atoms with van der Waals surface area (Å²) in [5.41, 5.74) is 1.37. The molecule has 306 valence electrons. The van der Waals surface area contributed by atoms with Crippen LogP contribution in [0, 0.1) is 17.8 Å². The van der Waals surface area contributed by atoms with E-state index in [9.17, 15) is 19.2 Å². The Morgan fingerprint density at radius 2 is 1.21 bits per heavy atom. The topological polar surface area (TPSA) is 185 Å². The number of nitrogens with zero attached hydrogens (tertiary/aromatic N) is 4. The van der Waals surface area contributed by atoms with Crippen LogP contribution >= 0.6 is 22.7 Å². The molecule has 14 nitrogen and oxygen atoms in total. The molecule has 4 amide bonds. The number of aliphatic imine (C=N–C) groups is 2. The number of aromatic nitrogens is 2. The molecule has 0 aliphatic carbocycles. The van der Waals surface area contributed by atoms with Gasteiger partial charge in [0, 0.05) is 10.8 Å². The average molecular weight is 819 g/mol. The number of hydrogen-bond acceptors (Lipinski definition) is 12. The van der Waals surface area contributed by atoms with Crippen LogP contribution in [-0.4, -0.2) is 81.8 Å². The van der Waals surface area contributed by atoms with Crippen LogP contribution in [0.5, 0.6) is 0 Å². The van der Waals surface area contributed by atoms with Crippen molar-refractivity contribution in [3.05, 3.63) is 68.1 Å². The largest absolute Gasteiger partial charge is 0.474 e. The van der Waals surface area contributed by atoms with Gasteiger partial charge in [-0.1, -0.05) is 84.7 Å². The fourth-order valence-corrected chi connectivity index (χ4v) is 8.89. The van der Waals surface area contributed by atoms with Gasteiger partial charge in [0.15, 0.2) is 12.1 Å². The quantitative estimate of drug-likeness (QED) is 0.227. The van der Waals surface area contributed by atoms with Gasteiger partial charge in [0.05, 0.1) is 12.1 Å². The maximum atomic E-state index is 14.1. The van der Waals surface area contributed by atoms with E-state index in [0.29, 0.717) is 29.3 Å². The molecule has 16 heteroatoms. The van der Waals surface area contributed by atoms with E-state index in [1.54, 1.807) is 24.6 Å². The highest BCUT2D eigenvalue weighted by Gasteiger charge is 2.41. The number of carbonyl (C=O) groups excluding carboxylic acids is 4. The molecule has 0 radical (unpaired) electrons. The standard InChI is InChI=1S/C41H54N8O6S2/c1-9-21(5)30-39-49-32(24(8)55-39)36(52)43-27(17-25-14-12-11-13-15-25)40-44-28(18-56-40)34(50)42-26(16-20(3)4)38-48-33(23(7)54-38)37(53)47-31(22(6)10-2)41-45-29(19-57-41)35(51)46-30/h11-15,18-24,26-27,30-33H,9-10,16-17H2,1-8H3,(H,42,50)(H,43,52)(H,46,51)(H,47,53)/t21?,22?,23-,24-,26+,27-,30+,31-,32?,33?/m1/s1. The number of rotatable bonds is 8. The second-order valence-corrected chi connectivity index (χ2v) is 17.5. The van der Waals surface area contributed by atoms with Gasteiger partial charge in [-0.2, -0.15) is 0 Å². The average Bonchev–Trinajstić information content (AvgIpc) is 4.01. The van der Waals surface area contributed by atoms with Gasteiger partial charge in [0.25, 0.3) is 11.8 Å². The molecule has 3 aliphatic rings. The van der Waals surface area contributed by atoms with Crippen molar-refractivity contribution in [3.8, 4) is 0 Å². The number of amides is 4. The van der Waals surface area contributed by atoms with Crippen LogP contribution in [0.15, 0.2) is 51.1 Å². The number of ether oxygens (including phenoxy) is 2. The third-order valence-corrected chi connectivity index (χ3v) is 12.7. The molecule has 2 aromatic heterocycles. The van der Waals surface area contributed by atoms with Crippen LogP contribution in [0.4, 0.5) is 0 Å². The smallest absolute Gasteiger partial charge is 0.271 e. The summed E-state index contributed by atoms with van der Waals surface area (Å²) in [7, 11) is 0. The number of nitrogens with one attached hydrogen (secondary N) is 4. The first kappa shape index (κ1) is 41.9. The van der Waals surface area contributed by atoms with Crippen molar-refractivity contribution in [1.29, 1.82) is 0 Å². The molecule has 6 rings (SSSR count). The summed E-state index contributed by atoms with van der Waals surface area (Å²) in [6.45, 7) is 15.7. The van der Waals surface area contributed by atoms with E-state index in [2.05, 4.69) is 21.3 Å². The van der Waals surface area contributed by atoms with Gasteiger partial charge in [0.2, 0.25) is 23.6 Å². The van der Waals surface area contributed by atoms with Crippen LogP contribution in [0.25, 0.3) is 0 Å². The Kier molecular flexibility index (Phi) is 13.4. The molecule has 3 aliphatic heterocycles. The van der Waals surface area contributed by atoms with Crippen LogP contribution in [0.1, 0.15) is 123 Å². The van der Waals surface area contributed by atoms with Gasteiger partial charge < -0.3 is 30.7 Å². The number of hydrogen-bond donors (Lipinski definition) is 4. The molecule has 10 atom stereocenters. The lowest BCUT2D eigenvalue weighted by Crippen LogP contribution is -2.45. The molecule has 0 spiro atoms. The first-order valence-corrected chi connectivity index (χ1v) is 21.7. The molecule has 4 unspecified atom stereocenters. The van der Waals surface area contributed by atoms with E-state index in [-0.39, 0.29) is 52.8 Å². The van der Waals surface area contributed by atoms with E-state index in [1.165, 1.54) is 22.7 Å². The third-order valence-electron chi connectivity index (χ3n) is 10.8. The van der Waals surface area contributed by atoms with Crippen LogP contribution in [-0.2, 0) is 25.5 Å². The first-order chi connectivity index (χ1) is 27.3. The molecular weight excluding hydrogens is 765 g/mol. The predicted molar refractivity (Wildman–Crippen MR) is 221 cm³/mol. The minimum atomic E-state index is -0.893. The number of thiazole rings is 2. The number of fused-ring (bicyclic) bond motifs is 6. The Labute approximate surface area is 342 Å². The van der Waals surface area contributed by atoms with Crippen molar-refractivity contribution >= 4 is 58.1 Å². The molecule has 57 heavy (non-hydrogen) atoms. The van der Waals surface area contributed by atoms with Crippen molar-refractivity contribution in [2.75, 3.05) is 0 Å². The van der Waals surface area contributed by atoms with Gasteiger partial charge in [-0.25, -0.2) is 20.0 Å². The minimum Gasteiger partial charge on any atom is -0.474 e. The molecule has 3 aromatic rings. The molecule has 8 bridgehead atoms. The molecule has 1 aromatic carbocycles. The summed E-state index contributed by atoms with van der Waals surface area (Å²) in [6, 6.07) is 5.65. The monoisotopic (exact) mass is 818 g/mol. The fourth-order valence-electron chi connectivity index (χ4n) is 7.06. The summed E-state index contributed by atoms with van der Waals surface area (Å²) < 4.78 is 12.4. The van der Waals surface area contributed by atoms with Gasteiger partial charge in [-0.3, -0.25) is 19.2 Å². The Bertz CT molecular complexity index is 1980. The maximum Gasteiger partial charge on any atom is 0.271 e. The van der Waals surface area contributed by atoms with E-state index in [0.717, 1.165) is 12.0 Å². The molecular formula is C41H54N8O6S2. The molecule has 0 saturated carbocycles.